The minimum Gasteiger partial charge on any atom is -0.382 e. The first-order chi connectivity index (χ1) is 18.2. The Morgan fingerprint density at radius 3 is 2.41 bits per heavy atom. The highest BCUT2D eigenvalue weighted by Gasteiger charge is 2.34. The lowest BCUT2D eigenvalue weighted by Crippen LogP contribution is -2.34. The van der Waals surface area contributed by atoms with E-state index in [1.54, 1.807) is 52.0 Å². The Labute approximate surface area is 233 Å². The van der Waals surface area contributed by atoms with Crippen LogP contribution in [0.4, 0.5) is 5.82 Å². The number of rotatable bonds is 14. The number of anilines is 1. The van der Waals surface area contributed by atoms with E-state index < -0.39 is 32.0 Å². The smallest absolute Gasteiger partial charge is 0.277 e. The molecule has 0 aliphatic rings. The van der Waals surface area contributed by atoms with Gasteiger partial charge in [0.2, 0.25) is 0 Å². The molecule has 0 aliphatic carbocycles. The molecule has 39 heavy (non-hydrogen) atoms. The Bertz CT molecular complexity index is 1490. The summed E-state index contributed by atoms with van der Waals surface area (Å²) in [6, 6.07) is 6.90. The molecule has 0 spiro atoms. The predicted octanol–water partition coefficient (Wildman–Crippen LogP) is 4.45. The molecule has 216 valence electrons. The van der Waals surface area contributed by atoms with Crippen molar-refractivity contribution in [2.75, 3.05) is 31.4 Å². The summed E-state index contributed by atoms with van der Waals surface area (Å²) >= 11 is 1.13. The first-order valence-electron chi connectivity index (χ1n) is 12.0. The zero-order chi connectivity index (χ0) is 29.0. The minimum atomic E-state index is -4.14. The molecule has 1 unspecified atom stereocenters. The fourth-order valence-corrected chi connectivity index (χ4v) is 7.75. The third-order valence-corrected chi connectivity index (χ3v) is 10.0. The van der Waals surface area contributed by atoms with Crippen molar-refractivity contribution >= 4 is 37.3 Å². The molecule has 0 radical (unpaired) electrons. The Morgan fingerprint density at radius 2 is 1.82 bits per heavy atom. The summed E-state index contributed by atoms with van der Waals surface area (Å²) in [4.78, 5) is 0.790. The van der Waals surface area contributed by atoms with Gasteiger partial charge in [0, 0.05) is 23.1 Å². The molecule has 2 heterocycles. The molecular formula is C25H34N2O9S3. The Morgan fingerprint density at radius 1 is 1.10 bits per heavy atom. The van der Waals surface area contributed by atoms with Gasteiger partial charge in [-0.3, -0.25) is 4.55 Å². The van der Waals surface area contributed by atoms with Gasteiger partial charge >= 0.3 is 0 Å². The van der Waals surface area contributed by atoms with Crippen LogP contribution in [-0.4, -0.2) is 53.6 Å². The highest BCUT2D eigenvalue weighted by atomic mass is 32.2. The van der Waals surface area contributed by atoms with Gasteiger partial charge < -0.3 is 18.7 Å². The standard InChI is InChI=1S/C25H34N2O9S3/c1-16-11-21(7-8-22(16)14-38(28,29)30)13-35-20(5)23-12-17(2)37-25(23)39(31,32)27(15-34-10-9-33-6)24-18(3)19(4)36-26-24/h7-8,11-12,20H,9-10,13-15H2,1-6H3,(H,28,29,30). The van der Waals surface area contributed by atoms with Crippen molar-refractivity contribution in [3.63, 3.8) is 0 Å². The topological polar surface area (TPSA) is 145 Å². The van der Waals surface area contributed by atoms with Crippen LogP contribution < -0.4 is 4.31 Å². The second-order valence-corrected chi connectivity index (χ2v) is 13.9. The summed E-state index contributed by atoms with van der Waals surface area (Å²) in [5.74, 6) is 0.178. The van der Waals surface area contributed by atoms with Crippen molar-refractivity contribution in [3.8, 4) is 0 Å². The molecule has 0 amide bonds. The van der Waals surface area contributed by atoms with Gasteiger partial charge in [0.1, 0.15) is 22.5 Å². The molecule has 0 fully saturated rings. The third-order valence-electron chi connectivity index (χ3n) is 6.06. The van der Waals surface area contributed by atoms with Crippen LogP contribution >= 0.6 is 11.3 Å². The highest BCUT2D eigenvalue weighted by Crippen LogP contribution is 2.37. The third kappa shape index (κ3) is 7.87. The summed E-state index contributed by atoms with van der Waals surface area (Å²) in [5.41, 5.74) is 3.04. The molecule has 11 nitrogen and oxygen atoms in total. The average Bonchev–Trinajstić information content (AvgIpc) is 3.41. The van der Waals surface area contributed by atoms with Crippen LogP contribution in [0.5, 0.6) is 0 Å². The van der Waals surface area contributed by atoms with E-state index in [9.17, 15) is 16.8 Å². The zero-order valence-electron chi connectivity index (χ0n) is 22.8. The van der Waals surface area contributed by atoms with Gasteiger partial charge in [-0.05, 0) is 57.4 Å². The van der Waals surface area contributed by atoms with Gasteiger partial charge in [0.15, 0.2) is 5.82 Å². The Hall–Kier alpha value is -2.33. The maximum atomic E-state index is 14.0. The van der Waals surface area contributed by atoms with Gasteiger partial charge in [-0.25, -0.2) is 12.7 Å². The fraction of sp³-hybridized carbons (Fsp3) is 0.480. The van der Waals surface area contributed by atoms with Crippen LogP contribution in [0, 0.1) is 27.7 Å². The molecule has 0 saturated carbocycles. The van der Waals surface area contributed by atoms with Crippen molar-refractivity contribution in [1.29, 1.82) is 0 Å². The number of hydrogen-bond acceptors (Lipinski definition) is 10. The van der Waals surface area contributed by atoms with Crippen LogP contribution in [0.3, 0.4) is 0 Å². The van der Waals surface area contributed by atoms with Crippen molar-refractivity contribution in [3.05, 3.63) is 62.7 Å². The lowest BCUT2D eigenvalue weighted by atomic mass is 10.1. The number of ether oxygens (including phenoxy) is 3. The quantitative estimate of drug-likeness (QED) is 0.160. The van der Waals surface area contributed by atoms with Gasteiger partial charge in [0.05, 0.1) is 25.9 Å². The molecule has 1 atom stereocenters. The highest BCUT2D eigenvalue weighted by molar-refractivity contribution is 7.94. The van der Waals surface area contributed by atoms with E-state index in [0.29, 0.717) is 34.6 Å². The minimum absolute atomic E-state index is 0.113. The van der Waals surface area contributed by atoms with E-state index in [1.165, 1.54) is 7.11 Å². The summed E-state index contributed by atoms with van der Waals surface area (Å²) in [7, 11) is -6.73. The largest absolute Gasteiger partial charge is 0.382 e. The van der Waals surface area contributed by atoms with Crippen molar-refractivity contribution in [2.24, 2.45) is 0 Å². The van der Waals surface area contributed by atoms with Crippen LogP contribution in [0.1, 0.15) is 51.5 Å². The maximum Gasteiger partial charge on any atom is 0.277 e. The summed E-state index contributed by atoms with van der Waals surface area (Å²) in [5, 5.41) is 3.98. The van der Waals surface area contributed by atoms with Crippen LogP contribution in [0.25, 0.3) is 0 Å². The lowest BCUT2D eigenvalue weighted by molar-refractivity contribution is 0.0511. The van der Waals surface area contributed by atoms with E-state index in [0.717, 1.165) is 26.1 Å². The summed E-state index contributed by atoms with van der Waals surface area (Å²) in [6.07, 6.45) is -0.589. The molecule has 1 N–H and O–H groups in total. The molecule has 3 aromatic rings. The average molecular weight is 603 g/mol. The van der Waals surface area contributed by atoms with Crippen molar-refractivity contribution in [2.45, 2.75) is 57.3 Å². The van der Waals surface area contributed by atoms with Gasteiger partial charge in [-0.2, -0.15) is 8.42 Å². The Balaban J connectivity index is 1.86. The van der Waals surface area contributed by atoms with E-state index in [2.05, 4.69) is 5.16 Å². The summed E-state index contributed by atoms with van der Waals surface area (Å²) in [6.45, 7) is 9.15. The summed E-state index contributed by atoms with van der Waals surface area (Å²) < 4.78 is 82.7. The number of sulfonamides is 1. The normalized spacial score (nSPS) is 13.1. The van der Waals surface area contributed by atoms with E-state index >= 15 is 0 Å². The first kappa shape index (κ1) is 31.2. The van der Waals surface area contributed by atoms with Gasteiger partial charge in [-0.1, -0.05) is 23.4 Å². The van der Waals surface area contributed by atoms with Crippen molar-refractivity contribution in [1.82, 2.24) is 5.16 Å². The fourth-order valence-electron chi connectivity index (χ4n) is 3.79. The molecule has 1 aromatic carbocycles. The molecule has 2 aromatic heterocycles. The molecule has 0 bridgehead atoms. The zero-order valence-corrected chi connectivity index (χ0v) is 25.2. The molecule has 14 heteroatoms. The predicted molar refractivity (Wildman–Crippen MR) is 147 cm³/mol. The first-order valence-corrected chi connectivity index (χ1v) is 15.9. The van der Waals surface area contributed by atoms with E-state index in [1.807, 2.05) is 6.92 Å². The number of methoxy groups -OCH3 is 1. The molecule has 0 aliphatic heterocycles. The van der Waals surface area contributed by atoms with Gasteiger partial charge in [-0.15, -0.1) is 11.3 Å². The van der Waals surface area contributed by atoms with Crippen LogP contribution in [0.15, 0.2) is 33.0 Å². The van der Waals surface area contributed by atoms with E-state index in [-0.39, 0.29) is 30.0 Å². The number of aromatic nitrogens is 1. The van der Waals surface area contributed by atoms with Crippen LogP contribution in [0.2, 0.25) is 0 Å². The van der Waals surface area contributed by atoms with Crippen molar-refractivity contribution < 1.29 is 40.1 Å². The maximum absolute atomic E-state index is 14.0. The number of nitrogens with zero attached hydrogens (tertiary/aromatic N) is 2. The van der Waals surface area contributed by atoms with Gasteiger partial charge in [0.25, 0.3) is 20.1 Å². The number of benzene rings is 1. The Kier molecular flexibility index (Phi) is 10.3. The number of thiophene rings is 1. The second-order valence-electron chi connectivity index (χ2n) is 9.11. The number of hydrogen-bond donors (Lipinski definition) is 1. The SMILES string of the molecule is COCCOCN(c1noc(C)c1C)S(=O)(=O)c1sc(C)cc1C(C)OCc1ccc(CS(=O)(=O)O)c(C)c1. The molecule has 3 rings (SSSR count). The number of aryl methyl sites for hydroxylation is 3. The second kappa shape index (κ2) is 12.9. The molecule has 0 saturated heterocycles. The van der Waals surface area contributed by atoms with Crippen LogP contribution in [-0.2, 0) is 46.7 Å². The van der Waals surface area contributed by atoms with E-state index in [4.69, 9.17) is 23.3 Å². The lowest BCUT2D eigenvalue weighted by Gasteiger charge is -2.23. The monoisotopic (exact) mass is 602 g/mol. The molecular weight excluding hydrogens is 568 g/mol.